The van der Waals surface area contributed by atoms with Gasteiger partial charge < -0.3 is 9.73 Å². The van der Waals surface area contributed by atoms with Crippen LogP contribution in [0.15, 0.2) is 40.9 Å². The molecule has 1 aromatic carbocycles. The maximum absolute atomic E-state index is 5.88. The smallest absolute Gasteiger partial charge is 0.198 e. The number of rotatable bonds is 2. The van der Waals surface area contributed by atoms with Crippen LogP contribution < -0.4 is 5.32 Å². The fourth-order valence-electron chi connectivity index (χ4n) is 1.59. The van der Waals surface area contributed by atoms with Gasteiger partial charge in [0, 0.05) is 22.2 Å². The van der Waals surface area contributed by atoms with Crippen LogP contribution in [0.4, 0.5) is 11.6 Å². The van der Waals surface area contributed by atoms with Gasteiger partial charge in [0.2, 0.25) is 0 Å². The highest BCUT2D eigenvalue weighted by Gasteiger charge is 2.08. The van der Waals surface area contributed by atoms with Gasteiger partial charge in [0.1, 0.15) is 0 Å². The first-order chi connectivity index (χ1) is 8.72. The van der Waals surface area contributed by atoms with E-state index >= 15 is 0 Å². The molecule has 3 aromatic rings. The standard InChI is InChI=1S/C12H7Cl2N3O/c13-8-1-3-9(4-2-8)16-10-5-7-6-15-17-12(14)11(7)18-10/h1-6,16H. The zero-order chi connectivity index (χ0) is 12.5. The Morgan fingerprint density at radius 2 is 1.89 bits per heavy atom. The molecule has 0 aliphatic heterocycles. The maximum atomic E-state index is 5.88. The van der Waals surface area contributed by atoms with Crippen molar-refractivity contribution in [1.29, 1.82) is 0 Å². The maximum Gasteiger partial charge on any atom is 0.198 e. The number of benzene rings is 1. The second-order valence-corrected chi connectivity index (χ2v) is 4.46. The predicted octanol–water partition coefficient (Wildman–Crippen LogP) is 4.27. The van der Waals surface area contributed by atoms with Gasteiger partial charge in [0.05, 0.1) is 6.20 Å². The van der Waals surface area contributed by atoms with Crippen molar-refractivity contribution in [2.24, 2.45) is 0 Å². The van der Waals surface area contributed by atoms with Crippen molar-refractivity contribution in [2.45, 2.75) is 0 Å². The number of fused-ring (bicyclic) bond motifs is 1. The average Bonchev–Trinajstić information content (AvgIpc) is 2.76. The second kappa shape index (κ2) is 4.48. The largest absolute Gasteiger partial charge is 0.437 e. The third-order valence-corrected chi connectivity index (χ3v) is 2.90. The van der Waals surface area contributed by atoms with Crippen molar-refractivity contribution < 1.29 is 4.42 Å². The summed E-state index contributed by atoms with van der Waals surface area (Å²) in [4.78, 5) is 0. The van der Waals surface area contributed by atoms with Crippen LogP contribution in [-0.4, -0.2) is 10.2 Å². The normalized spacial score (nSPS) is 10.8. The number of aromatic nitrogens is 2. The molecule has 0 amide bonds. The predicted molar refractivity (Wildman–Crippen MR) is 71.5 cm³/mol. The molecule has 0 aliphatic rings. The Hall–Kier alpha value is -1.78. The van der Waals surface area contributed by atoms with Gasteiger partial charge in [-0.05, 0) is 24.3 Å². The highest BCUT2D eigenvalue weighted by molar-refractivity contribution is 6.33. The fourth-order valence-corrected chi connectivity index (χ4v) is 1.90. The summed E-state index contributed by atoms with van der Waals surface area (Å²) in [6.45, 7) is 0. The van der Waals surface area contributed by atoms with Crippen LogP contribution in [-0.2, 0) is 0 Å². The first kappa shape index (κ1) is 11.3. The highest BCUT2D eigenvalue weighted by atomic mass is 35.5. The van der Waals surface area contributed by atoms with Gasteiger partial charge in [0.25, 0.3) is 0 Å². The minimum atomic E-state index is 0.247. The molecule has 0 unspecified atom stereocenters. The van der Waals surface area contributed by atoms with E-state index in [2.05, 4.69) is 15.5 Å². The highest BCUT2D eigenvalue weighted by Crippen LogP contribution is 2.28. The number of nitrogens with one attached hydrogen (secondary N) is 1. The van der Waals surface area contributed by atoms with Gasteiger partial charge in [-0.3, -0.25) is 0 Å². The van der Waals surface area contributed by atoms with Crippen LogP contribution in [0.3, 0.4) is 0 Å². The van der Waals surface area contributed by atoms with Gasteiger partial charge in [-0.25, -0.2) is 0 Å². The Kier molecular flexibility index (Phi) is 2.81. The molecule has 0 aliphatic carbocycles. The van der Waals surface area contributed by atoms with E-state index in [0.717, 1.165) is 11.1 Å². The first-order valence-corrected chi connectivity index (χ1v) is 5.91. The van der Waals surface area contributed by atoms with Crippen LogP contribution in [0.25, 0.3) is 11.0 Å². The van der Waals surface area contributed by atoms with Crippen molar-refractivity contribution in [3.63, 3.8) is 0 Å². The molecule has 0 bridgehead atoms. The van der Waals surface area contributed by atoms with Crippen LogP contribution in [0, 0.1) is 0 Å². The van der Waals surface area contributed by atoms with E-state index in [9.17, 15) is 0 Å². The summed E-state index contributed by atoms with van der Waals surface area (Å²) in [6.07, 6.45) is 1.59. The molecule has 2 aromatic heterocycles. The Labute approximate surface area is 113 Å². The average molecular weight is 280 g/mol. The molecule has 0 fully saturated rings. The summed E-state index contributed by atoms with van der Waals surface area (Å²) in [5.74, 6) is 0.573. The SMILES string of the molecule is Clc1ccc(Nc2cc3cnnc(Cl)c3o2)cc1. The van der Waals surface area contributed by atoms with Crippen molar-refractivity contribution >= 4 is 45.7 Å². The minimum absolute atomic E-state index is 0.247. The van der Waals surface area contributed by atoms with Crippen LogP contribution >= 0.6 is 23.2 Å². The summed E-state index contributed by atoms with van der Waals surface area (Å²) < 4.78 is 5.55. The van der Waals surface area contributed by atoms with Gasteiger partial charge in [-0.15, -0.1) is 5.10 Å². The third kappa shape index (κ3) is 2.12. The summed E-state index contributed by atoms with van der Waals surface area (Å²) in [6, 6.07) is 9.11. The zero-order valence-electron chi connectivity index (χ0n) is 9.02. The summed E-state index contributed by atoms with van der Waals surface area (Å²) in [7, 11) is 0. The Balaban J connectivity index is 1.95. The lowest BCUT2D eigenvalue weighted by Gasteiger charge is -2.01. The molecule has 18 heavy (non-hydrogen) atoms. The van der Waals surface area contributed by atoms with E-state index in [0.29, 0.717) is 16.5 Å². The molecule has 6 heteroatoms. The number of furan rings is 1. The molecule has 1 N–H and O–H groups in total. The van der Waals surface area contributed by atoms with Crippen molar-refractivity contribution in [1.82, 2.24) is 10.2 Å². The van der Waals surface area contributed by atoms with E-state index in [1.807, 2.05) is 18.2 Å². The van der Waals surface area contributed by atoms with E-state index in [1.165, 1.54) is 0 Å². The minimum Gasteiger partial charge on any atom is -0.437 e. The summed E-state index contributed by atoms with van der Waals surface area (Å²) in [5, 5.41) is 12.3. The van der Waals surface area contributed by atoms with Crippen molar-refractivity contribution in [3.8, 4) is 0 Å². The van der Waals surface area contributed by atoms with E-state index < -0.39 is 0 Å². The third-order valence-electron chi connectivity index (χ3n) is 2.40. The molecule has 3 rings (SSSR count). The molecule has 0 spiro atoms. The van der Waals surface area contributed by atoms with Crippen LogP contribution in [0.5, 0.6) is 0 Å². The van der Waals surface area contributed by atoms with Crippen molar-refractivity contribution in [3.05, 3.63) is 46.7 Å². The monoisotopic (exact) mass is 279 g/mol. The van der Waals surface area contributed by atoms with Crippen LogP contribution in [0.2, 0.25) is 10.2 Å². The van der Waals surface area contributed by atoms with E-state index in [-0.39, 0.29) is 5.15 Å². The molecule has 0 saturated carbocycles. The van der Waals surface area contributed by atoms with Crippen molar-refractivity contribution in [2.75, 3.05) is 5.32 Å². The lowest BCUT2D eigenvalue weighted by molar-refractivity contribution is 0.631. The molecule has 4 nitrogen and oxygen atoms in total. The molecular weight excluding hydrogens is 273 g/mol. The number of anilines is 2. The molecule has 2 heterocycles. The Morgan fingerprint density at radius 3 is 2.61 bits per heavy atom. The van der Waals surface area contributed by atoms with E-state index in [4.69, 9.17) is 27.6 Å². The number of halogens is 2. The lowest BCUT2D eigenvalue weighted by Crippen LogP contribution is -1.86. The number of hydrogen-bond acceptors (Lipinski definition) is 4. The summed E-state index contributed by atoms with van der Waals surface area (Å²) in [5.41, 5.74) is 1.39. The Morgan fingerprint density at radius 1 is 1.11 bits per heavy atom. The lowest BCUT2D eigenvalue weighted by atomic mass is 10.3. The molecule has 90 valence electrons. The molecule has 0 radical (unpaired) electrons. The molecule has 0 atom stereocenters. The zero-order valence-corrected chi connectivity index (χ0v) is 10.5. The summed E-state index contributed by atoms with van der Waals surface area (Å²) >= 11 is 11.7. The first-order valence-electron chi connectivity index (χ1n) is 5.16. The molecule has 0 saturated heterocycles. The quantitative estimate of drug-likeness (QED) is 0.761. The number of nitrogens with zero attached hydrogens (tertiary/aromatic N) is 2. The van der Waals surface area contributed by atoms with Gasteiger partial charge in [-0.1, -0.05) is 23.2 Å². The van der Waals surface area contributed by atoms with Gasteiger partial charge in [-0.2, -0.15) is 5.10 Å². The Bertz CT molecular complexity index is 694. The number of hydrogen-bond donors (Lipinski definition) is 1. The van der Waals surface area contributed by atoms with Crippen LogP contribution in [0.1, 0.15) is 0 Å². The molecular formula is C12H7Cl2N3O. The van der Waals surface area contributed by atoms with Gasteiger partial charge in [0.15, 0.2) is 16.6 Å². The topological polar surface area (TPSA) is 51.0 Å². The van der Waals surface area contributed by atoms with E-state index in [1.54, 1.807) is 18.3 Å². The fraction of sp³-hybridized carbons (Fsp3) is 0. The van der Waals surface area contributed by atoms with Gasteiger partial charge >= 0.3 is 0 Å². The second-order valence-electron chi connectivity index (χ2n) is 3.66.